The van der Waals surface area contributed by atoms with E-state index in [1.165, 1.54) is 13.2 Å². The highest BCUT2D eigenvalue weighted by Crippen LogP contribution is 2.28. The van der Waals surface area contributed by atoms with Crippen molar-refractivity contribution in [3.8, 4) is 5.75 Å². The van der Waals surface area contributed by atoms with Crippen LogP contribution in [-0.2, 0) is 10.0 Å². The van der Waals surface area contributed by atoms with Crippen molar-refractivity contribution >= 4 is 31.8 Å². The van der Waals surface area contributed by atoms with Gasteiger partial charge in [0.05, 0.1) is 17.8 Å². The van der Waals surface area contributed by atoms with Crippen LogP contribution in [0.25, 0.3) is 0 Å². The van der Waals surface area contributed by atoms with Gasteiger partial charge in [-0.25, -0.2) is 17.8 Å². The van der Waals surface area contributed by atoms with E-state index >= 15 is 0 Å². The third kappa shape index (κ3) is 3.51. The molecule has 0 aliphatic carbocycles. The van der Waals surface area contributed by atoms with Gasteiger partial charge in [0.1, 0.15) is 16.5 Å². The summed E-state index contributed by atoms with van der Waals surface area (Å²) in [6.07, 6.45) is 0.927. The molecule has 1 aromatic heterocycles. The number of benzene rings is 1. The highest BCUT2D eigenvalue weighted by Gasteiger charge is 2.21. The van der Waals surface area contributed by atoms with Gasteiger partial charge >= 0.3 is 0 Å². The van der Waals surface area contributed by atoms with E-state index in [1.807, 2.05) is 0 Å². The molecule has 0 radical (unpaired) electrons. The average Bonchev–Trinajstić information content (AvgIpc) is 2.42. The first kappa shape index (κ1) is 15.7. The Morgan fingerprint density at radius 2 is 2.05 bits per heavy atom. The summed E-state index contributed by atoms with van der Waals surface area (Å²) < 4.78 is 45.4. The van der Waals surface area contributed by atoms with Crippen LogP contribution >= 0.6 is 15.9 Å². The van der Waals surface area contributed by atoms with Gasteiger partial charge in [0, 0.05) is 0 Å². The van der Waals surface area contributed by atoms with E-state index in [4.69, 9.17) is 4.74 Å². The predicted octanol–water partition coefficient (Wildman–Crippen LogP) is 3.10. The van der Waals surface area contributed by atoms with E-state index in [0.717, 1.165) is 17.8 Å². The first-order chi connectivity index (χ1) is 9.83. The molecular weight excluding hydrogens is 363 g/mol. The van der Waals surface area contributed by atoms with Crippen molar-refractivity contribution in [2.75, 3.05) is 11.8 Å². The van der Waals surface area contributed by atoms with Crippen molar-refractivity contribution in [3.63, 3.8) is 0 Å². The zero-order valence-corrected chi connectivity index (χ0v) is 13.6. The maximum absolute atomic E-state index is 13.0. The summed E-state index contributed by atoms with van der Waals surface area (Å²) in [5, 5.41) is 0. The van der Waals surface area contributed by atoms with Gasteiger partial charge in [-0.15, -0.1) is 0 Å². The lowest BCUT2D eigenvalue weighted by molar-refractivity contribution is 0.402. The molecule has 1 heterocycles. The molecule has 0 atom stereocenters. The Bertz CT molecular complexity index is 781. The van der Waals surface area contributed by atoms with Gasteiger partial charge in [0.15, 0.2) is 5.82 Å². The van der Waals surface area contributed by atoms with Crippen LogP contribution in [0, 0.1) is 12.7 Å². The summed E-state index contributed by atoms with van der Waals surface area (Å²) in [7, 11) is -2.52. The molecule has 0 saturated heterocycles. The molecule has 8 heteroatoms. The van der Waals surface area contributed by atoms with E-state index < -0.39 is 15.8 Å². The minimum Gasteiger partial charge on any atom is -0.495 e. The summed E-state index contributed by atoms with van der Waals surface area (Å²) in [5.74, 6) is -0.357. The lowest BCUT2D eigenvalue weighted by atomic mass is 10.2. The quantitative estimate of drug-likeness (QED) is 0.892. The smallest absolute Gasteiger partial charge is 0.266 e. The minimum absolute atomic E-state index is 0.0000378. The van der Waals surface area contributed by atoms with Gasteiger partial charge < -0.3 is 4.74 Å². The molecule has 2 aromatic rings. The van der Waals surface area contributed by atoms with Crippen LogP contribution in [0.1, 0.15) is 5.56 Å². The van der Waals surface area contributed by atoms with Crippen LogP contribution in [0.4, 0.5) is 10.2 Å². The molecule has 5 nitrogen and oxygen atoms in total. The normalized spacial score (nSPS) is 11.2. The number of aromatic nitrogens is 1. The van der Waals surface area contributed by atoms with Crippen molar-refractivity contribution in [2.24, 2.45) is 0 Å². The Balaban J connectivity index is 2.45. The van der Waals surface area contributed by atoms with E-state index in [9.17, 15) is 12.8 Å². The van der Waals surface area contributed by atoms with E-state index in [1.54, 1.807) is 19.1 Å². The van der Waals surface area contributed by atoms with Gasteiger partial charge in [0.25, 0.3) is 10.0 Å². The molecule has 1 N–H and O–H groups in total. The van der Waals surface area contributed by atoms with Crippen LogP contribution in [0.15, 0.2) is 39.8 Å². The fourth-order valence-electron chi connectivity index (χ4n) is 1.67. The molecule has 0 aliphatic heterocycles. The predicted molar refractivity (Wildman–Crippen MR) is 80.4 cm³/mol. The molecule has 0 aliphatic rings. The van der Waals surface area contributed by atoms with Crippen LogP contribution in [0.3, 0.4) is 0 Å². The van der Waals surface area contributed by atoms with Crippen LogP contribution in [-0.4, -0.2) is 20.5 Å². The fourth-order valence-corrected chi connectivity index (χ4v) is 3.50. The number of methoxy groups -OCH3 is 1. The first-order valence-corrected chi connectivity index (χ1v) is 8.09. The van der Waals surface area contributed by atoms with Gasteiger partial charge in [0.2, 0.25) is 0 Å². The lowest BCUT2D eigenvalue weighted by Crippen LogP contribution is -2.15. The molecule has 21 heavy (non-hydrogen) atoms. The highest BCUT2D eigenvalue weighted by atomic mass is 79.9. The Hall–Kier alpha value is -1.67. The number of hydrogen-bond acceptors (Lipinski definition) is 4. The molecular formula is C13H12BrFN2O3S. The SMILES string of the molecule is COc1ccc(C)cc1S(=O)(=O)Nc1ncc(F)cc1Br. The topological polar surface area (TPSA) is 68.3 Å². The second kappa shape index (κ2) is 5.98. The Kier molecular flexibility index (Phi) is 4.48. The number of aryl methyl sites for hydroxylation is 1. The number of anilines is 1. The van der Waals surface area contributed by atoms with Crippen LogP contribution in [0.5, 0.6) is 5.75 Å². The molecule has 0 bridgehead atoms. The zero-order valence-electron chi connectivity index (χ0n) is 11.2. The lowest BCUT2D eigenvalue weighted by Gasteiger charge is -2.12. The van der Waals surface area contributed by atoms with Gasteiger partial charge in [-0.2, -0.15) is 0 Å². The number of halogens is 2. The maximum atomic E-state index is 13.0. The zero-order chi connectivity index (χ0) is 15.6. The Morgan fingerprint density at radius 3 is 2.67 bits per heavy atom. The molecule has 0 saturated carbocycles. The molecule has 0 spiro atoms. The largest absolute Gasteiger partial charge is 0.495 e. The Morgan fingerprint density at radius 1 is 1.33 bits per heavy atom. The third-order valence-corrected chi connectivity index (χ3v) is 4.61. The molecule has 1 aromatic carbocycles. The molecule has 0 unspecified atom stereocenters. The van der Waals surface area contributed by atoms with E-state index in [-0.39, 0.29) is 20.9 Å². The van der Waals surface area contributed by atoms with E-state index in [2.05, 4.69) is 25.6 Å². The summed E-state index contributed by atoms with van der Waals surface area (Å²) >= 11 is 3.06. The first-order valence-electron chi connectivity index (χ1n) is 5.82. The van der Waals surface area contributed by atoms with Crippen molar-refractivity contribution in [3.05, 3.63) is 46.3 Å². The fraction of sp³-hybridized carbons (Fsp3) is 0.154. The minimum atomic E-state index is -3.90. The van der Waals surface area contributed by atoms with E-state index in [0.29, 0.717) is 0 Å². The van der Waals surface area contributed by atoms with Gasteiger partial charge in [-0.05, 0) is 46.6 Å². The molecule has 0 amide bonds. The number of sulfonamides is 1. The number of nitrogens with one attached hydrogen (secondary N) is 1. The molecule has 112 valence electrons. The summed E-state index contributed by atoms with van der Waals surface area (Å²) in [5.41, 5.74) is 0.766. The van der Waals surface area contributed by atoms with Crippen molar-refractivity contribution in [1.29, 1.82) is 0 Å². The number of pyridine rings is 1. The second-order valence-corrected chi connectivity index (χ2v) is 6.75. The van der Waals surface area contributed by atoms with Crippen LogP contribution < -0.4 is 9.46 Å². The summed E-state index contributed by atoms with van der Waals surface area (Å²) in [6.45, 7) is 1.77. The molecule has 2 rings (SSSR count). The third-order valence-electron chi connectivity index (χ3n) is 2.65. The summed E-state index contributed by atoms with van der Waals surface area (Å²) in [6, 6.07) is 5.91. The maximum Gasteiger partial charge on any atom is 0.266 e. The van der Waals surface area contributed by atoms with Crippen molar-refractivity contribution in [2.45, 2.75) is 11.8 Å². The second-order valence-electron chi connectivity index (χ2n) is 4.24. The van der Waals surface area contributed by atoms with Crippen LogP contribution in [0.2, 0.25) is 0 Å². The number of rotatable bonds is 4. The highest BCUT2D eigenvalue weighted by molar-refractivity contribution is 9.10. The number of ether oxygens (including phenoxy) is 1. The standard InChI is InChI=1S/C13H12BrFN2O3S/c1-8-3-4-11(20-2)12(5-8)21(18,19)17-13-10(14)6-9(15)7-16-13/h3-7H,1-2H3,(H,16,17). The Labute approximate surface area is 130 Å². The number of hydrogen-bond donors (Lipinski definition) is 1. The summed E-state index contributed by atoms with van der Waals surface area (Å²) in [4.78, 5) is 3.70. The number of nitrogens with zero attached hydrogens (tertiary/aromatic N) is 1. The monoisotopic (exact) mass is 374 g/mol. The average molecular weight is 375 g/mol. The van der Waals surface area contributed by atoms with Crippen molar-refractivity contribution < 1.29 is 17.5 Å². The molecule has 0 fully saturated rings. The van der Waals surface area contributed by atoms with Gasteiger partial charge in [-0.3, -0.25) is 4.72 Å². The van der Waals surface area contributed by atoms with Gasteiger partial charge in [-0.1, -0.05) is 6.07 Å². The van der Waals surface area contributed by atoms with Crippen molar-refractivity contribution in [1.82, 2.24) is 4.98 Å².